The SMILES string of the molecule is CCCCCCCCCCNCCCC(CCCCCCCC)C(C)(CCC)OC. The lowest BCUT2D eigenvalue weighted by Crippen LogP contribution is -2.37. The molecule has 0 aromatic rings. The van der Waals surface area contributed by atoms with Crippen LogP contribution < -0.4 is 5.32 Å². The molecule has 2 heteroatoms. The molecule has 0 aromatic heterocycles. The van der Waals surface area contributed by atoms with Gasteiger partial charge < -0.3 is 10.1 Å². The van der Waals surface area contributed by atoms with E-state index in [2.05, 4.69) is 33.0 Å². The van der Waals surface area contributed by atoms with E-state index in [1.54, 1.807) is 0 Å². The van der Waals surface area contributed by atoms with E-state index in [4.69, 9.17) is 4.74 Å². The number of hydrogen-bond acceptors (Lipinski definition) is 2. The Labute approximate surface area is 191 Å². The third kappa shape index (κ3) is 16.6. The fourth-order valence-corrected chi connectivity index (χ4v) is 4.88. The number of unbranched alkanes of at least 4 members (excludes halogenated alkanes) is 12. The normalized spacial score (nSPS) is 14.7. The van der Waals surface area contributed by atoms with Crippen LogP contribution in [0.5, 0.6) is 0 Å². The minimum atomic E-state index is 0.0654. The van der Waals surface area contributed by atoms with Gasteiger partial charge in [-0.3, -0.25) is 0 Å². The van der Waals surface area contributed by atoms with Crippen molar-refractivity contribution in [2.75, 3.05) is 20.2 Å². The summed E-state index contributed by atoms with van der Waals surface area (Å²) >= 11 is 0. The van der Waals surface area contributed by atoms with E-state index >= 15 is 0 Å². The summed E-state index contributed by atoms with van der Waals surface area (Å²) in [5.74, 6) is 0.707. The fourth-order valence-electron chi connectivity index (χ4n) is 4.88. The maximum Gasteiger partial charge on any atom is 0.0678 e. The molecule has 2 nitrogen and oxygen atoms in total. The molecule has 1 N–H and O–H groups in total. The number of methoxy groups -OCH3 is 1. The average Bonchev–Trinajstić information content (AvgIpc) is 2.75. The molecule has 0 saturated heterocycles. The molecule has 0 aliphatic heterocycles. The van der Waals surface area contributed by atoms with Crippen LogP contribution in [-0.2, 0) is 4.74 Å². The van der Waals surface area contributed by atoms with Crippen LogP contribution in [0.3, 0.4) is 0 Å². The van der Waals surface area contributed by atoms with E-state index in [0.29, 0.717) is 5.92 Å². The zero-order valence-corrected chi connectivity index (χ0v) is 21.8. The Morgan fingerprint density at radius 1 is 0.600 bits per heavy atom. The minimum Gasteiger partial charge on any atom is -0.378 e. The van der Waals surface area contributed by atoms with Gasteiger partial charge in [0, 0.05) is 7.11 Å². The quantitative estimate of drug-likeness (QED) is 0.156. The molecule has 0 aliphatic carbocycles. The van der Waals surface area contributed by atoms with Crippen LogP contribution in [0.1, 0.15) is 150 Å². The second kappa shape index (κ2) is 22.1. The second-order valence-corrected chi connectivity index (χ2v) is 9.89. The first-order valence-electron chi connectivity index (χ1n) is 13.9. The van der Waals surface area contributed by atoms with Crippen LogP contribution >= 0.6 is 0 Å². The summed E-state index contributed by atoms with van der Waals surface area (Å²) in [5, 5.41) is 3.70. The van der Waals surface area contributed by atoms with Gasteiger partial charge in [0.05, 0.1) is 5.60 Å². The molecule has 0 radical (unpaired) electrons. The first-order valence-corrected chi connectivity index (χ1v) is 13.9. The highest BCUT2D eigenvalue weighted by Crippen LogP contribution is 2.34. The summed E-state index contributed by atoms with van der Waals surface area (Å²) in [7, 11) is 1.93. The lowest BCUT2D eigenvalue weighted by molar-refractivity contribution is -0.0570. The summed E-state index contributed by atoms with van der Waals surface area (Å²) in [5.41, 5.74) is 0.0654. The van der Waals surface area contributed by atoms with Crippen molar-refractivity contribution < 1.29 is 4.74 Å². The number of rotatable bonds is 24. The van der Waals surface area contributed by atoms with Crippen molar-refractivity contribution in [2.24, 2.45) is 5.92 Å². The topological polar surface area (TPSA) is 21.3 Å². The summed E-state index contributed by atoms with van der Waals surface area (Å²) in [6.07, 6.45) is 26.0. The van der Waals surface area contributed by atoms with Crippen molar-refractivity contribution in [1.82, 2.24) is 5.32 Å². The van der Waals surface area contributed by atoms with Gasteiger partial charge in [0.1, 0.15) is 0 Å². The average molecular weight is 426 g/mol. The standard InChI is InChI=1S/C28H59NO/c1-6-9-11-13-15-16-18-20-25-29-26-21-23-27(28(4,30-5)24-8-3)22-19-17-14-12-10-7-2/h27,29H,6-26H2,1-5H3. The molecule has 0 aliphatic rings. The summed E-state index contributed by atoms with van der Waals surface area (Å²) < 4.78 is 6.07. The van der Waals surface area contributed by atoms with Gasteiger partial charge in [-0.2, -0.15) is 0 Å². The van der Waals surface area contributed by atoms with Crippen molar-refractivity contribution in [3.05, 3.63) is 0 Å². The Bertz CT molecular complexity index is 333. The van der Waals surface area contributed by atoms with Crippen LogP contribution in [0.15, 0.2) is 0 Å². The van der Waals surface area contributed by atoms with Crippen molar-refractivity contribution in [3.63, 3.8) is 0 Å². The van der Waals surface area contributed by atoms with Crippen LogP contribution in [-0.4, -0.2) is 25.8 Å². The zero-order valence-electron chi connectivity index (χ0n) is 21.8. The molecule has 0 fully saturated rings. The molecule has 30 heavy (non-hydrogen) atoms. The Morgan fingerprint density at radius 3 is 1.60 bits per heavy atom. The van der Waals surface area contributed by atoms with E-state index in [1.165, 1.54) is 135 Å². The maximum absolute atomic E-state index is 6.07. The van der Waals surface area contributed by atoms with E-state index in [1.807, 2.05) is 7.11 Å². The second-order valence-electron chi connectivity index (χ2n) is 9.89. The zero-order chi connectivity index (χ0) is 22.3. The summed E-state index contributed by atoms with van der Waals surface area (Å²) in [6, 6.07) is 0. The van der Waals surface area contributed by atoms with Gasteiger partial charge in [0.2, 0.25) is 0 Å². The Balaban J connectivity index is 3.97. The smallest absolute Gasteiger partial charge is 0.0678 e. The molecular formula is C28H59NO. The fraction of sp³-hybridized carbons (Fsp3) is 1.00. The summed E-state index contributed by atoms with van der Waals surface area (Å²) in [6.45, 7) is 11.6. The Morgan fingerprint density at radius 2 is 1.07 bits per heavy atom. The van der Waals surface area contributed by atoms with Gasteiger partial charge in [-0.1, -0.05) is 111 Å². The number of nitrogens with one attached hydrogen (secondary N) is 1. The van der Waals surface area contributed by atoms with Crippen LogP contribution in [0.25, 0.3) is 0 Å². The Kier molecular flexibility index (Phi) is 22.1. The molecule has 2 atom stereocenters. The van der Waals surface area contributed by atoms with Crippen molar-refractivity contribution >= 4 is 0 Å². The van der Waals surface area contributed by atoms with E-state index in [-0.39, 0.29) is 5.60 Å². The number of ether oxygens (including phenoxy) is 1. The highest BCUT2D eigenvalue weighted by Gasteiger charge is 2.32. The van der Waals surface area contributed by atoms with Gasteiger partial charge in [-0.05, 0) is 58.0 Å². The maximum atomic E-state index is 6.07. The first-order chi connectivity index (χ1) is 14.6. The molecule has 182 valence electrons. The third-order valence-corrected chi connectivity index (χ3v) is 7.10. The van der Waals surface area contributed by atoms with Crippen LogP contribution in [0.4, 0.5) is 0 Å². The lowest BCUT2D eigenvalue weighted by atomic mass is 9.78. The van der Waals surface area contributed by atoms with Crippen molar-refractivity contribution in [3.8, 4) is 0 Å². The highest BCUT2D eigenvalue weighted by atomic mass is 16.5. The minimum absolute atomic E-state index is 0.0654. The molecular weight excluding hydrogens is 366 g/mol. The predicted octanol–water partition coefficient (Wildman–Crippen LogP) is 9.07. The van der Waals surface area contributed by atoms with Gasteiger partial charge in [0.25, 0.3) is 0 Å². The van der Waals surface area contributed by atoms with Gasteiger partial charge in [-0.25, -0.2) is 0 Å². The van der Waals surface area contributed by atoms with Gasteiger partial charge in [0.15, 0.2) is 0 Å². The molecule has 0 bridgehead atoms. The molecule has 0 rings (SSSR count). The predicted molar refractivity (Wildman–Crippen MR) is 137 cm³/mol. The third-order valence-electron chi connectivity index (χ3n) is 7.10. The highest BCUT2D eigenvalue weighted by molar-refractivity contribution is 4.84. The van der Waals surface area contributed by atoms with Crippen molar-refractivity contribution in [2.45, 2.75) is 155 Å². The largest absolute Gasteiger partial charge is 0.378 e. The first kappa shape index (κ1) is 29.9. The van der Waals surface area contributed by atoms with Crippen molar-refractivity contribution in [1.29, 1.82) is 0 Å². The monoisotopic (exact) mass is 425 g/mol. The van der Waals surface area contributed by atoms with E-state index < -0.39 is 0 Å². The molecule has 2 unspecified atom stereocenters. The van der Waals surface area contributed by atoms with Crippen LogP contribution in [0, 0.1) is 5.92 Å². The van der Waals surface area contributed by atoms with E-state index in [0.717, 1.165) is 0 Å². The van der Waals surface area contributed by atoms with Gasteiger partial charge >= 0.3 is 0 Å². The molecule has 0 aromatic carbocycles. The Hall–Kier alpha value is -0.0800. The molecule has 0 spiro atoms. The lowest BCUT2D eigenvalue weighted by Gasteiger charge is -2.37. The molecule has 0 saturated carbocycles. The van der Waals surface area contributed by atoms with Gasteiger partial charge in [-0.15, -0.1) is 0 Å². The van der Waals surface area contributed by atoms with Crippen LogP contribution in [0.2, 0.25) is 0 Å². The number of hydrogen-bond donors (Lipinski definition) is 1. The van der Waals surface area contributed by atoms with E-state index in [9.17, 15) is 0 Å². The molecule has 0 heterocycles. The summed E-state index contributed by atoms with van der Waals surface area (Å²) in [4.78, 5) is 0. The molecule has 0 amide bonds.